The van der Waals surface area contributed by atoms with Crippen molar-refractivity contribution < 1.29 is 4.79 Å². The van der Waals surface area contributed by atoms with Crippen LogP contribution in [0.1, 0.15) is 34.0 Å². The van der Waals surface area contributed by atoms with Crippen LogP contribution in [-0.4, -0.2) is 64.2 Å². The highest BCUT2D eigenvalue weighted by Crippen LogP contribution is 2.25. The van der Waals surface area contributed by atoms with E-state index in [-0.39, 0.29) is 11.7 Å². The highest BCUT2D eigenvalue weighted by molar-refractivity contribution is 5.90. The number of hydrogen-bond acceptors (Lipinski definition) is 7. The van der Waals surface area contributed by atoms with Crippen molar-refractivity contribution in [2.24, 2.45) is 0 Å². The molecule has 0 aliphatic carbocycles. The molecule has 8 heteroatoms. The van der Waals surface area contributed by atoms with E-state index in [0.717, 1.165) is 36.6 Å². The second-order valence-corrected chi connectivity index (χ2v) is 6.83. The molecule has 0 aromatic carbocycles. The van der Waals surface area contributed by atoms with Crippen molar-refractivity contribution >= 4 is 11.7 Å². The lowest BCUT2D eigenvalue weighted by molar-refractivity contribution is 0.0939. The van der Waals surface area contributed by atoms with Crippen LogP contribution in [0.15, 0.2) is 18.3 Å². The van der Waals surface area contributed by atoms with Crippen LogP contribution in [0.4, 0.5) is 5.82 Å². The number of aryl methyl sites for hydroxylation is 1. The first-order chi connectivity index (χ1) is 12.5. The molecular weight excluding hydrogens is 330 g/mol. The van der Waals surface area contributed by atoms with Gasteiger partial charge < -0.3 is 15.1 Å². The van der Waals surface area contributed by atoms with Crippen molar-refractivity contribution in [1.82, 2.24) is 30.4 Å². The van der Waals surface area contributed by atoms with Crippen LogP contribution >= 0.6 is 0 Å². The Morgan fingerprint density at radius 1 is 1.35 bits per heavy atom. The van der Waals surface area contributed by atoms with Crippen LogP contribution in [-0.2, 0) is 6.54 Å². The summed E-state index contributed by atoms with van der Waals surface area (Å²) < 4.78 is 0. The minimum atomic E-state index is -0.302. The van der Waals surface area contributed by atoms with Crippen LogP contribution in [0.3, 0.4) is 0 Å². The van der Waals surface area contributed by atoms with Crippen LogP contribution in [0.25, 0.3) is 0 Å². The fourth-order valence-corrected chi connectivity index (χ4v) is 3.06. The summed E-state index contributed by atoms with van der Waals surface area (Å²) in [6.07, 6.45) is 2.69. The lowest BCUT2D eigenvalue weighted by atomic mass is 10.2. The first-order valence-electron chi connectivity index (χ1n) is 8.77. The van der Waals surface area contributed by atoms with Gasteiger partial charge in [-0.2, -0.15) is 10.2 Å². The molecule has 1 fully saturated rings. The van der Waals surface area contributed by atoms with Gasteiger partial charge in [0.2, 0.25) is 5.82 Å². The molecule has 8 nitrogen and oxygen atoms in total. The van der Waals surface area contributed by atoms with Crippen molar-refractivity contribution in [3.05, 3.63) is 41.1 Å². The van der Waals surface area contributed by atoms with Crippen molar-refractivity contribution in [3.8, 4) is 0 Å². The van der Waals surface area contributed by atoms with Crippen molar-refractivity contribution in [3.63, 3.8) is 0 Å². The number of likely N-dealkylation sites (N-methyl/N-ethyl adjacent to an activating group) is 1. The number of nitrogens with zero attached hydrogens (tertiary/aromatic N) is 6. The van der Waals surface area contributed by atoms with Gasteiger partial charge in [-0.3, -0.25) is 4.79 Å². The molecule has 2 aromatic rings. The largest absolute Gasteiger partial charge is 0.355 e. The first kappa shape index (κ1) is 18.2. The molecule has 0 saturated carbocycles. The predicted octanol–water partition coefficient (Wildman–Crippen LogP) is 0.954. The normalized spacial score (nSPS) is 17.0. The fourth-order valence-electron chi connectivity index (χ4n) is 3.06. The van der Waals surface area contributed by atoms with E-state index in [0.29, 0.717) is 18.3 Å². The van der Waals surface area contributed by atoms with Crippen LogP contribution in [0.5, 0.6) is 0 Å². The smallest absolute Gasteiger partial charge is 0.289 e. The van der Waals surface area contributed by atoms with Crippen LogP contribution < -0.4 is 10.2 Å². The molecule has 0 unspecified atom stereocenters. The van der Waals surface area contributed by atoms with Crippen molar-refractivity contribution in [1.29, 1.82) is 0 Å². The molecule has 3 rings (SSSR count). The van der Waals surface area contributed by atoms with Gasteiger partial charge in [0, 0.05) is 36.6 Å². The number of aromatic nitrogens is 4. The summed E-state index contributed by atoms with van der Waals surface area (Å²) in [5, 5.41) is 10.6. The zero-order valence-electron chi connectivity index (χ0n) is 15.7. The molecule has 1 atom stereocenters. The number of carbonyl (C=O) groups is 1. The third kappa shape index (κ3) is 3.96. The topological polar surface area (TPSA) is 87.1 Å². The van der Waals surface area contributed by atoms with E-state index < -0.39 is 0 Å². The Hall–Kier alpha value is -2.61. The molecule has 1 aliphatic rings. The van der Waals surface area contributed by atoms with E-state index in [1.165, 1.54) is 0 Å². The highest BCUT2D eigenvalue weighted by atomic mass is 16.2. The highest BCUT2D eigenvalue weighted by Gasteiger charge is 2.27. The van der Waals surface area contributed by atoms with Gasteiger partial charge in [-0.05, 0) is 46.5 Å². The number of nitrogens with one attached hydrogen (secondary N) is 1. The SMILES string of the molecule is Cc1nc(C(=O)NCc2cccnn2)nc(N2CC[C@@H](N(C)C)C2)c1C. The zero-order valence-corrected chi connectivity index (χ0v) is 15.7. The number of hydrogen-bond donors (Lipinski definition) is 1. The molecule has 0 radical (unpaired) electrons. The monoisotopic (exact) mass is 355 g/mol. The summed E-state index contributed by atoms with van der Waals surface area (Å²) in [5.74, 6) is 0.746. The van der Waals surface area contributed by atoms with Gasteiger partial charge in [0.15, 0.2) is 0 Å². The Balaban J connectivity index is 1.76. The van der Waals surface area contributed by atoms with E-state index >= 15 is 0 Å². The van der Waals surface area contributed by atoms with E-state index in [1.54, 1.807) is 12.3 Å². The average molecular weight is 355 g/mol. The van der Waals surface area contributed by atoms with E-state index in [9.17, 15) is 4.79 Å². The van der Waals surface area contributed by atoms with Gasteiger partial charge >= 0.3 is 0 Å². The molecule has 1 aliphatic heterocycles. The molecule has 3 heterocycles. The summed E-state index contributed by atoms with van der Waals surface area (Å²) >= 11 is 0. The zero-order chi connectivity index (χ0) is 18.7. The standard InChI is InChI=1S/C18H25N7O/c1-12-13(2)21-16(18(26)19-10-14-6-5-8-20-23-14)22-17(12)25-9-7-15(11-25)24(3)4/h5-6,8,15H,7,9-11H2,1-4H3,(H,19,26)/t15-/m1/s1. The number of anilines is 1. The molecule has 26 heavy (non-hydrogen) atoms. The molecule has 138 valence electrons. The Morgan fingerprint density at radius 3 is 2.81 bits per heavy atom. The van der Waals surface area contributed by atoms with E-state index in [1.807, 2.05) is 19.9 Å². The van der Waals surface area contributed by atoms with Crippen molar-refractivity contribution in [2.75, 3.05) is 32.1 Å². The second kappa shape index (κ2) is 7.74. The number of amides is 1. The van der Waals surface area contributed by atoms with Gasteiger partial charge in [0.05, 0.1) is 12.2 Å². The summed E-state index contributed by atoms with van der Waals surface area (Å²) in [7, 11) is 4.19. The molecule has 0 spiro atoms. The maximum absolute atomic E-state index is 12.5. The molecule has 0 bridgehead atoms. The summed E-state index contributed by atoms with van der Waals surface area (Å²) in [5.41, 5.74) is 2.54. The minimum absolute atomic E-state index is 0.195. The second-order valence-electron chi connectivity index (χ2n) is 6.83. The van der Waals surface area contributed by atoms with E-state index in [4.69, 9.17) is 0 Å². The van der Waals surface area contributed by atoms with Gasteiger partial charge in [-0.15, -0.1) is 0 Å². The number of carbonyl (C=O) groups excluding carboxylic acids is 1. The van der Waals surface area contributed by atoms with Gasteiger partial charge in [-0.1, -0.05) is 0 Å². The molecule has 1 saturated heterocycles. The Bertz CT molecular complexity index is 779. The van der Waals surface area contributed by atoms with Gasteiger partial charge in [0.1, 0.15) is 5.82 Å². The third-order valence-corrected chi connectivity index (χ3v) is 4.82. The summed E-state index contributed by atoms with van der Waals surface area (Å²) in [6, 6.07) is 4.10. The van der Waals surface area contributed by atoms with Gasteiger partial charge in [0.25, 0.3) is 5.91 Å². The lowest BCUT2D eigenvalue weighted by Crippen LogP contribution is -2.33. The van der Waals surface area contributed by atoms with Gasteiger partial charge in [-0.25, -0.2) is 9.97 Å². The van der Waals surface area contributed by atoms with Crippen LogP contribution in [0, 0.1) is 13.8 Å². The molecule has 1 amide bonds. The quantitative estimate of drug-likeness (QED) is 0.854. The fraction of sp³-hybridized carbons (Fsp3) is 0.500. The minimum Gasteiger partial charge on any atom is -0.355 e. The number of rotatable bonds is 5. The Morgan fingerprint density at radius 2 is 2.15 bits per heavy atom. The maximum atomic E-state index is 12.5. The third-order valence-electron chi connectivity index (χ3n) is 4.82. The first-order valence-corrected chi connectivity index (χ1v) is 8.77. The Labute approximate surface area is 153 Å². The summed E-state index contributed by atoms with van der Waals surface area (Å²) in [6.45, 7) is 6.06. The molecule has 1 N–H and O–H groups in total. The molecular formula is C18H25N7O. The average Bonchev–Trinajstić information content (AvgIpc) is 3.13. The maximum Gasteiger partial charge on any atom is 0.289 e. The predicted molar refractivity (Wildman–Crippen MR) is 99.0 cm³/mol. The Kier molecular flexibility index (Phi) is 5.41. The van der Waals surface area contributed by atoms with Crippen LogP contribution in [0.2, 0.25) is 0 Å². The lowest BCUT2D eigenvalue weighted by Gasteiger charge is -2.23. The molecule has 2 aromatic heterocycles. The van der Waals surface area contributed by atoms with Crippen molar-refractivity contribution in [2.45, 2.75) is 32.9 Å². The van der Waals surface area contributed by atoms with E-state index in [2.05, 4.69) is 49.4 Å². The summed E-state index contributed by atoms with van der Waals surface area (Å²) in [4.78, 5) is 25.9.